The number of carbonyl (C=O) groups is 3. The summed E-state index contributed by atoms with van der Waals surface area (Å²) in [4.78, 5) is 41.1. The third-order valence-corrected chi connectivity index (χ3v) is 6.73. The molecule has 7 nitrogen and oxygen atoms in total. The van der Waals surface area contributed by atoms with Gasteiger partial charge in [-0.2, -0.15) is 0 Å². The zero-order valence-electron chi connectivity index (χ0n) is 16.7. The molecule has 1 saturated carbocycles. The fraction of sp³-hybridized carbons (Fsp3) is 0.450. The van der Waals surface area contributed by atoms with E-state index in [1.54, 1.807) is 25.2 Å². The Hall–Kier alpha value is -2.23. The summed E-state index contributed by atoms with van der Waals surface area (Å²) in [5.41, 5.74) is 0.765. The third kappa shape index (κ3) is 5.23. The van der Waals surface area contributed by atoms with Crippen molar-refractivity contribution < 1.29 is 19.1 Å². The molecule has 0 spiro atoms. The van der Waals surface area contributed by atoms with Gasteiger partial charge in [-0.15, -0.1) is 22.7 Å². The highest BCUT2D eigenvalue weighted by molar-refractivity contribution is 7.18. The Morgan fingerprint density at radius 2 is 2.07 bits per heavy atom. The Labute approximate surface area is 178 Å². The minimum atomic E-state index is -0.538. The molecule has 2 amide bonds. The average molecular weight is 436 g/mol. The molecule has 2 heterocycles. The van der Waals surface area contributed by atoms with E-state index in [1.165, 1.54) is 11.9 Å². The third-order valence-electron chi connectivity index (χ3n) is 4.66. The van der Waals surface area contributed by atoms with Crippen LogP contribution < -0.4 is 10.6 Å². The van der Waals surface area contributed by atoms with Gasteiger partial charge in [-0.05, 0) is 43.7 Å². The van der Waals surface area contributed by atoms with Gasteiger partial charge in [0.1, 0.15) is 5.00 Å². The van der Waals surface area contributed by atoms with Gasteiger partial charge in [0.15, 0.2) is 0 Å². The van der Waals surface area contributed by atoms with Gasteiger partial charge >= 0.3 is 5.97 Å². The van der Waals surface area contributed by atoms with Gasteiger partial charge in [-0.1, -0.05) is 6.07 Å². The van der Waals surface area contributed by atoms with Crippen molar-refractivity contribution >= 4 is 45.5 Å². The predicted octanol–water partition coefficient (Wildman–Crippen LogP) is 3.26. The molecule has 0 aliphatic heterocycles. The van der Waals surface area contributed by atoms with Crippen LogP contribution in [0.4, 0.5) is 5.00 Å². The predicted molar refractivity (Wildman–Crippen MR) is 115 cm³/mol. The number of rotatable bonds is 9. The van der Waals surface area contributed by atoms with Gasteiger partial charge in [0.05, 0.1) is 23.6 Å². The maximum Gasteiger partial charge on any atom is 0.341 e. The second-order valence-corrected chi connectivity index (χ2v) is 8.88. The Bertz CT molecular complexity index is 888. The first-order valence-electron chi connectivity index (χ1n) is 9.53. The number of nitrogens with zero attached hydrogens (tertiary/aromatic N) is 1. The minimum Gasteiger partial charge on any atom is -0.462 e. The molecule has 0 atom stereocenters. The lowest BCUT2D eigenvalue weighted by atomic mass is 10.1. The normalized spacial score (nSPS) is 13.4. The van der Waals surface area contributed by atoms with Crippen molar-refractivity contribution in [1.29, 1.82) is 0 Å². The highest BCUT2D eigenvalue weighted by Gasteiger charge is 2.31. The number of ether oxygens (including phenoxy) is 1. The van der Waals surface area contributed by atoms with Crippen molar-refractivity contribution in [2.75, 3.05) is 25.5 Å². The van der Waals surface area contributed by atoms with Crippen LogP contribution in [0.25, 0.3) is 0 Å². The summed E-state index contributed by atoms with van der Waals surface area (Å²) >= 11 is 2.77. The molecule has 0 saturated heterocycles. The number of hydrogen-bond acceptors (Lipinski definition) is 7. The summed E-state index contributed by atoms with van der Waals surface area (Å²) in [6, 6.07) is 4.49. The quantitative estimate of drug-likeness (QED) is 0.591. The molecule has 1 fully saturated rings. The summed E-state index contributed by atoms with van der Waals surface area (Å²) < 4.78 is 5.13. The van der Waals surface area contributed by atoms with E-state index in [9.17, 15) is 14.4 Å². The smallest absolute Gasteiger partial charge is 0.341 e. The van der Waals surface area contributed by atoms with E-state index in [4.69, 9.17) is 4.74 Å². The monoisotopic (exact) mass is 435 g/mol. The number of esters is 1. The second kappa shape index (κ2) is 9.51. The lowest BCUT2D eigenvalue weighted by Gasteiger charge is -2.20. The number of hydrogen-bond donors (Lipinski definition) is 2. The SMILES string of the molecule is CCOC(=O)c1c(NC(=O)CN(Cc2cccs2)C2CC2)sc(C(=O)NC)c1C. The average Bonchev–Trinajstić information content (AvgIpc) is 3.32. The molecule has 9 heteroatoms. The Morgan fingerprint density at radius 1 is 1.31 bits per heavy atom. The van der Waals surface area contributed by atoms with Crippen molar-refractivity contribution in [1.82, 2.24) is 10.2 Å². The Balaban J connectivity index is 1.77. The van der Waals surface area contributed by atoms with Gasteiger partial charge in [-0.25, -0.2) is 4.79 Å². The first-order valence-corrected chi connectivity index (χ1v) is 11.2. The molecule has 0 bridgehead atoms. The van der Waals surface area contributed by atoms with Crippen molar-refractivity contribution in [3.8, 4) is 0 Å². The van der Waals surface area contributed by atoms with E-state index < -0.39 is 5.97 Å². The summed E-state index contributed by atoms with van der Waals surface area (Å²) in [6.07, 6.45) is 2.18. The highest BCUT2D eigenvalue weighted by Crippen LogP contribution is 2.34. The maximum absolute atomic E-state index is 12.8. The number of carbonyl (C=O) groups excluding carboxylic acids is 3. The molecule has 1 aliphatic carbocycles. The molecule has 3 rings (SSSR count). The maximum atomic E-state index is 12.8. The summed E-state index contributed by atoms with van der Waals surface area (Å²) in [7, 11) is 1.53. The van der Waals surface area contributed by atoms with Crippen LogP contribution in [-0.4, -0.2) is 48.9 Å². The molecular formula is C20H25N3O4S2. The number of amides is 2. The van der Waals surface area contributed by atoms with Crippen LogP contribution in [0.2, 0.25) is 0 Å². The summed E-state index contributed by atoms with van der Waals surface area (Å²) in [5.74, 6) is -1.04. The minimum absolute atomic E-state index is 0.205. The fourth-order valence-corrected chi connectivity index (χ4v) is 4.97. The standard InChI is InChI=1S/C20H25N3O4S2/c1-4-27-20(26)16-12(2)17(18(25)21-3)29-19(16)22-15(24)11-23(13-7-8-13)10-14-6-5-9-28-14/h5-6,9,13H,4,7-8,10-11H2,1-3H3,(H,21,25)(H,22,24). The van der Waals surface area contributed by atoms with Crippen molar-refractivity contribution in [2.45, 2.75) is 39.3 Å². The number of nitrogens with one attached hydrogen (secondary N) is 2. The Kier molecular flexibility index (Phi) is 7.05. The first-order chi connectivity index (χ1) is 13.9. The van der Waals surface area contributed by atoms with Gasteiger partial charge in [0, 0.05) is 24.5 Å². The Morgan fingerprint density at radius 3 is 2.66 bits per heavy atom. The summed E-state index contributed by atoms with van der Waals surface area (Å²) in [6.45, 7) is 4.59. The zero-order valence-corrected chi connectivity index (χ0v) is 18.4. The van der Waals surface area contributed by atoms with Gasteiger partial charge in [0.25, 0.3) is 5.91 Å². The second-order valence-electron chi connectivity index (χ2n) is 6.82. The molecule has 29 heavy (non-hydrogen) atoms. The van der Waals surface area contributed by atoms with Gasteiger partial charge in [0.2, 0.25) is 5.91 Å². The lowest BCUT2D eigenvalue weighted by molar-refractivity contribution is -0.117. The van der Waals surface area contributed by atoms with E-state index in [2.05, 4.69) is 21.6 Å². The molecule has 0 unspecified atom stereocenters. The molecule has 2 N–H and O–H groups in total. The van der Waals surface area contributed by atoms with Crippen LogP contribution in [0.15, 0.2) is 17.5 Å². The van der Waals surface area contributed by atoms with Gasteiger partial charge in [-0.3, -0.25) is 14.5 Å². The molecule has 0 aromatic carbocycles. The van der Waals surface area contributed by atoms with Crippen LogP contribution >= 0.6 is 22.7 Å². The van der Waals surface area contributed by atoms with E-state index in [1.807, 2.05) is 11.4 Å². The molecule has 1 aliphatic rings. The first kappa shape index (κ1) is 21.5. The number of thiophene rings is 2. The molecule has 0 radical (unpaired) electrons. The molecule has 2 aromatic heterocycles. The van der Waals surface area contributed by atoms with Crippen molar-refractivity contribution in [3.63, 3.8) is 0 Å². The topological polar surface area (TPSA) is 87.7 Å². The highest BCUT2D eigenvalue weighted by atomic mass is 32.1. The van der Waals surface area contributed by atoms with E-state index in [0.29, 0.717) is 21.5 Å². The van der Waals surface area contributed by atoms with E-state index >= 15 is 0 Å². The van der Waals surface area contributed by atoms with E-state index in [-0.39, 0.29) is 30.5 Å². The molecule has 2 aromatic rings. The zero-order chi connectivity index (χ0) is 21.0. The van der Waals surface area contributed by atoms with Crippen LogP contribution in [0.5, 0.6) is 0 Å². The molecular weight excluding hydrogens is 410 g/mol. The lowest BCUT2D eigenvalue weighted by Crippen LogP contribution is -2.34. The fourth-order valence-electron chi connectivity index (χ4n) is 3.09. The van der Waals surface area contributed by atoms with Gasteiger partial charge < -0.3 is 15.4 Å². The van der Waals surface area contributed by atoms with Crippen LogP contribution in [0.1, 0.15) is 50.2 Å². The summed E-state index contributed by atoms with van der Waals surface area (Å²) in [5, 5.41) is 7.80. The number of anilines is 1. The molecule has 156 valence electrons. The van der Waals surface area contributed by atoms with Crippen molar-refractivity contribution in [3.05, 3.63) is 38.4 Å². The largest absolute Gasteiger partial charge is 0.462 e. The van der Waals surface area contributed by atoms with Crippen LogP contribution in [0.3, 0.4) is 0 Å². The van der Waals surface area contributed by atoms with Crippen molar-refractivity contribution in [2.24, 2.45) is 0 Å². The van der Waals surface area contributed by atoms with Crippen LogP contribution in [-0.2, 0) is 16.1 Å². The van der Waals surface area contributed by atoms with E-state index in [0.717, 1.165) is 30.7 Å². The van der Waals surface area contributed by atoms with Crippen LogP contribution in [0, 0.1) is 6.92 Å².